The van der Waals surface area contributed by atoms with Gasteiger partial charge in [0.2, 0.25) is 17.8 Å². The first kappa shape index (κ1) is 19.8. The highest BCUT2D eigenvalue weighted by Crippen LogP contribution is 2.40. The van der Waals surface area contributed by atoms with Crippen molar-refractivity contribution in [3.63, 3.8) is 0 Å². The number of fused-ring (bicyclic) bond motifs is 1. The highest BCUT2D eigenvalue weighted by Gasteiger charge is 2.29. The summed E-state index contributed by atoms with van der Waals surface area (Å²) >= 11 is 2.44. The van der Waals surface area contributed by atoms with Gasteiger partial charge in [-0.25, -0.2) is 0 Å². The fourth-order valence-electron chi connectivity index (χ4n) is 2.87. The molecule has 3 heterocycles. The molecule has 2 N–H and O–H groups in total. The van der Waals surface area contributed by atoms with Crippen LogP contribution in [0.1, 0.15) is 40.6 Å². The number of aromatic nitrogens is 3. The summed E-state index contributed by atoms with van der Waals surface area (Å²) in [5, 5.41) is 17.6. The van der Waals surface area contributed by atoms with Gasteiger partial charge in [0.05, 0.1) is 5.75 Å². The smallest absolute Gasteiger partial charge is 0.279 e. The van der Waals surface area contributed by atoms with Crippen LogP contribution in [0.4, 0.5) is 5.13 Å². The Bertz CT molecular complexity index is 1130. The van der Waals surface area contributed by atoms with Crippen molar-refractivity contribution in [2.45, 2.75) is 29.6 Å². The van der Waals surface area contributed by atoms with E-state index in [1.165, 1.54) is 23.1 Å². The van der Waals surface area contributed by atoms with Crippen molar-refractivity contribution in [2.24, 2.45) is 0 Å². The quantitative estimate of drug-likeness (QED) is 0.386. The van der Waals surface area contributed by atoms with E-state index in [2.05, 4.69) is 26.0 Å². The molecule has 0 spiro atoms. The van der Waals surface area contributed by atoms with Crippen molar-refractivity contribution < 1.29 is 23.6 Å². The van der Waals surface area contributed by atoms with Gasteiger partial charge in [-0.05, 0) is 30.5 Å². The second-order valence-electron chi connectivity index (χ2n) is 6.97. The number of nitrogens with zero attached hydrogens (tertiary/aromatic N) is 3. The van der Waals surface area contributed by atoms with E-state index in [4.69, 9.17) is 14.0 Å². The van der Waals surface area contributed by atoms with Crippen molar-refractivity contribution >= 4 is 40.0 Å². The molecule has 1 aliphatic carbocycles. The van der Waals surface area contributed by atoms with Crippen LogP contribution in [0.3, 0.4) is 0 Å². The molecule has 1 saturated carbocycles. The van der Waals surface area contributed by atoms with Crippen LogP contribution in [0.25, 0.3) is 0 Å². The zero-order valence-corrected chi connectivity index (χ0v) is 17.8. The van der Waals surface area contributed by atoms with Gasteiger partial charge in [0.25, 0.3) is 5.91 Å². The molecule has 12 heteroatoms. The molecule has 10 nitrogen and oxygen atoms in total. The second kappa shape index (κ2) is 8.55. The lowest BCUT2D eigenvalue weighted by Crippen LogP contribution is -2.24. The number of thioether (sulfide) groups is 1. The number of hydrogen-bond donors (Lipinski definition) is 2. The Morgan fingerprint density at radius 3 is 2.90 bits per heavy atom. The molecular formula is C19H17N5O5S2. The standard InChI is InChI=1S/C19H17N5O5S2/c25-16(20-7-10-1-4-13-15(5-10)28-9-27-13)8-30-19-23-22-18(31-19)21-17(26)12-6-14(29-24-12)11-2-3-11/h1,4-6,11H,2-3,7-9H2,(H,20,25)(H,21,22,26). The van der Waals surface area contributed by atoms with Crippen LogP contribution >= 0.6 is 23.1 Å². The molecule has 1 fully saturated rings. The molecular weight excluding hydrogens is 442 g/mol. The van der Waals surface area contributed by atoms with Crippen molar-refractivity contribution in [3.05, 3.63) is 41.3 Å². The second-order valence-corrected chi connectivity index (χ2v) is 9.17. The SMILES string of the molecule is O=C(CSc1nnc(NC(=O)c2cc(C3CC3)on2)s1)NCc1ccc2c(c1)OCO2. The molecule has 31 heavy (non-hydrogen) atoms. The molecule has 1 aliphatic heterocycles. The summed E-state index contributed by atoms with van der Waals surface area (Å²) in [6.45, 7) is 0.597. The molecule has 0 bridgehead atoms. The Balaban J connectivity index is 1.08. The van der Waals surface area contributed by atoms with Gasteiger partial charge >= 0.3 is 0 Å². The molecule has 1 aromatic carbocycles. The van der Waals surface area contributed by atoms with Gasteiger partial charge < -0.3 is 19.3 Å². The largest absolute Gasteiger partial charge is 0.454 e. The van der Waals surface area contributed by atoms with Gasteiger partial charge in [-0.1, -0.05) is 34.3 Å². The predicted octanol–water partition coefficient (Wildman–Crippen LogP) is 2.79. The van der Waals surface area contributed by atoms with Crippen LogP contribution in [0.15, 0.2) is 33.1 Å². The predicted molar refractivity (Wildman–Crippen MR) is 111 cm³/mol. The maximum absolute atomic E-state index is 12.3. The third-order valence-electron chi connectivity index (χ3n) is 4.62. The minimum atomic E-state index is -0.398. The minimum absolute atomic E-state index is 0.140. The maximum atomic E-state index is 12.3. The lowest BCUT2D eigenvalue weighted by Gasteiger charge is -2.05. The topological polar surface area (TPSA) is 128 Å². The third kappa shape index (κ3) is 4.80. The fourth-order valence-corrected chi connectivity index (χ4v) is 4.44. The van der Waals surface area contributed by atoms with Crippen molar-refractivity contribution in [1.29, 1.82) is 0 Å². The fraction of sp³-hybridized carbons (Fsp3) is 0.316. The zero-order valence-electron chi connectivity index (χ0n) is 16.1. The highest BCUT2D eigenvalue weighted by molar-refractivity contribution is 8.01. The summed E-state index contributed by atoms with van der Waals surface area (Å²) in [6, 6.07) is 7.21. The molecule has 3 aromatic rings. The summed E-state index contributed by atoms with van der Waals surface area (Å²) in [5.74, 6) is 2.15. The molecule has 0 atom stereocenters. The number of rotatable bonds is 8. The van der Waals surface area contributed by atoms with Gasteiger partial charge in [0.1, 0.15) is 5.76 Å². The van der Waals surface area contributed by atoms with Gasteiger partial charge in [-0.15, -0.1) is 10.2 Å². The summed E-state index contributed by atoms with van der Waals surface area (Å²) in [7, 11) is 0. The van der Waals surface area contributed by atoms with Gasteiger partial charge in [0, 0.05) is 18.5 Å². The number of benzene rings is 1. The molecule has 2 aromatic heterocycles. The summed E-state index contributed by atoms with van der Waals surface area (Å²) in [6.07, 6.45) is 2.13. The molecule has 0 unspecified atom stereocenters. The summed E-state index contributed by atoms with van der Waals surface area (Å²) < 4.78 is 16.4. The molecule has 2 amide bonds. The van der Waals surface area contributed by atoms with Crippen molar-refractivity contribution in [1.82, 2.24) is 20.7 Å². The number of anilines is 1. The Morgan fingerprint density at radius 1 is 1.16 bits per heavy atom. The molecule has 0 saturated heterocycles. The first-order chi connectivity index (χ1) is 15.1. The first-order valence-electron chi connectivity index (χ1n) is 9.53. The van der Waals surface area contributed by atoms with Crippen LogP contribution in [0, 0.1) is 0 Å². The number of nitrogens with one attached hydrogen (secondary N) is 2. The first-order valence-corrected chi connectivity index (χ1v) is 11.3. The van der Waals surface area contributed by atoms with E-state index in [1.54, 1.807) is 6.07 Å². The highest BCUT2D eigenvalue weighted by atomic mass is 32.2. The van der Waals surface area contributed by atoms with Crippen LogP contribution in [0.2, 0.25) is 0 Å². The van der Waals surface area contributed by atoms with Gasteiger partial charge in [-0.3, -0.25) is 14.9 Å². The summed E-state index contributed by atoms with van der Waals surface area (Å²) in [4.78, 5) is 24.4. The van der Waals surface area contributed by atoms with Gasteiger partial charge in [-0.2, -0.15) is 0 Å². The lowest BCUT2D eigenvalue weighted by molar-refractivity contribution is -0.118. The molecule has 2 aliphatic rings. The van der Waals surface area contributed by atoms with Crippen LogP contribution in [-0.2, 0) is 11.3 Å². The van der Waals surface area contributed by atoms with E-state index in [9.17, 15) is 9.59 Å². The van der Waals surface area contributed by atoms with Crippen LogP contribution in [-0.4, -0.2) is 39.7 Å². The van der Waals surface area contributed by atoms with E-state index in [1.807, 2.05) is 18.2 Å². The number of carbonyl (C=O) groups excluding carboxylic acids is 2. The monoisotopic (exact) mass is 459 g/mol. The molecule has 160 valence electrons. The van der Waals surface area contributed by atoms with E-state index >= 15 is 0 Å². The minimum Gasteiger partial charge on any atom is -0.454 e. The van der Waals surface area contributed by atoms with Gasteiger partial charge in [0.15, 0.2) is 21.5 Å². The number of amides is 2. The molecule has 0 radical (unpaired) electrons. The number of hydrogen-bond acceptors (Lipinski definition) is 10. The number of ether oxygens (including phenoxy) is 2. The maximum Gasteiger partial charge on any atom is 0.279 e. The third-order valence-corrected chi connectivity index (χ3v) is 6.59. The Labute approximate surface area is 184 Å². The Hall–Kier alpha value is -3.12. The van der Waals surface area contributed by atoms with E-state index in [0.717, 1.165) is 24.2 Å². The van der Waals surface area contributed by atoms with E-state index in [0.29, 0.717) is 33.4 Å². The van der Waals surface area contributed by atoms with E-state index < -0.39 is 5.91 Å². The van der Waals surface area contributed by atoms with Crippen molar-refractivity contribution in [3.8, 4) is 11.5 Å². The molecule has 5 rings (SSSR count). The average molecular weight is 460 g/mol. The normalized spacial score (nSPS) is 14.5. The average Bonchev–Trinajstić information content (AvgIpc) is 3.18. The van der Waals surface area contributed by atoms with E-state index in [-0.39, 0.29) is 24.1 Å². The van der Waals surface area contributed by atoms with Crippen molar-refractivity contribution in [2.75, 3.05) is 17.9 Å². The summed E-state index contributed by atoms with van der Waals surface area (Å²) in [5.41, 5.74) is 1.13. The zero-order chi connectivity index (χ0) is 21.2. The Kier molecular flexibility index (Phi) is 5.47. The number of carbonyl (C=O) groups is 2. The Morgan fingerprint density at radius 2 is 2.03 bits per heavy atom. The lowest BCUT2D eigenvalue weighted by atomic mass is 10.2. The van der Waals surface area contributed by atoms with Crippen LogP contribution < -0.4 is 20.1 Å². The van der Waals surface area contributed by atoms with Crippen LogP contribution in [0.5, 0.6) is 11.5 Å².